The Balaban J connectivity index is 2.43. The molecule has 3 aliphatic rings. The lowest BCUT2D eigenvalue weighted by molar-refractivity contribution is -0.184. The van der Waals surface area contributed by atoms with Crippen molar-refractivity contribution in [2.45, 2.75) is 30.8 Å². The van der Waals surface area contributed by atoms with Gasteiger partial charge in [-0.2, -0.15) is 4.79 Å². The number of fused-ring (bicyclic) bond motifs is 3. The van der Waals surface area contributed by atoms with Gasteiger partial charge in [0.25, 0.3) is 0 Å². The average molecular weight is 370 g/mol. The number of phenolic OH excluding ortho intramolecular Hbond substituents is 1. The van der Waals surface area contributed by atoms with E-state index in [0.29, 0.717) is 0 Å². The van der Waals surface area contributed by atoms with Crippen LogP contribution in [0, 0.1) is 10.4 Å². The summed E-state index contributed by atoms with van der Waals surface area (Å²) in [6, 6.07) is 3.89. The smallest absolute Gasteiger partial charge is 0.333 e. The fourth-order valence-corrected chi connectivity index (χ4v) is 3.95. The van der Waals surface area contributed by atoms with Crippen LogP contribution in [-0.4, -0.2) is 42.0 Å². The minimum absolute atomic E-state index is 0.127. The van der Waals surface area contributed by atoms with Gasteiger partial charge in [0, 0.05) is 16.2 Å². The highest BCUT2D eigenvalue weighted by atomic mass is 16.4. The lowest BCUT2D eigenvalue weighted by Gasteiger charge is -2.40. The zero-order valence-corrected chi connectivity index (χ0v) is 13.9. The first-order valence-electron chi connectivity index (χ1n) is 8.04. The second-order valence-electron chi connectivity index (χ2n) is 6.90. The van der Waals surface area contributed by atoms with Gasteiger partial charge < -0.3 is 31.1 Å². The molecule has 27 heavy (non-hydrogen) atoms. The Kier molecular flexibility index (Phi) is 3.42. The minimum atomic E-state index is -2.23. The van der Waals surface area contributed by atoms with Gasteiger partial charge >= 0.3 is 5.36 Å². The van der Waals surface area contributed by atoms with E-state index >= 15 is 0 Å². The van der Waals surface area contributed by atoms with Crippen LogP contribution < -0.4 is 16.2 Å². The molecule has 0 saturated carbocycles. The van der Waals surface area contributed by atoms with Crippen molar-refractivity contribution in [3.8, 4) is 5.75 Å². The molecule has 0 bridgehead atoms. The summed E-state index contributed by atoms with van der Waals surface area (Å²) in [6.07, 6.45) is -5.54. The van der Waals surface area contributed by atoms with E-state index < -0.39 is 51.1 Å². The maximum atomic E-state index is 13.0. The summed E-state index contributed by atoms with van der Waals surface area (Å²) in [5, 5.41) is 50.0. The van der Waals surface area contributed by atoms with Crippen molar-refractivity contribution in [3.63, 3.8) is 0 Å². The van der Waals surface area contributed by atoms with E-state index in [1.54, 1.807) is 0 Å². The zero-order chi connectivity index (χ0) is 19.8. The van der Waals surface area contributed by atoms with Crippen LogP contribution in [0.5, 0.6) is 5.75 Å². The van der Waals surface area contributed by atoms with E-state index in [1.807, 2.05) is 0 Å². The molecule has 9 heteroatoms. The predicted molar refractivity (Wildman–Crippen MR) is 89.1 cm³/mol. The molecule has 1 aromatic carbocycles. The fourth-order valence-electron chi connectivity index (χ4n) is 3.95. The van der Waals surface area contributed by atoms with Crippen molar-refractivity contribution in [3.05, 3.63) is 71.1 Å². The average Bonchev–Trinajstić information content (AvgIpc) is 2.98. The van der Waals surface area contributed by atoms with Gasteiger partial charge in [-0.3, -0.25) is 9.59 Å². The summed E-state index contributed by atoms with van der Waals surface area (Å²) in [7, 11) is 0. The van der Waals surface area contributed by atoms with Gasteiger partial charge in [0.15, 0.2) is 5.43 Å². The van der Waals surface area contributed by atoms with Crippen LogP contribution in [0.25, 0.3) is 16.3 Å². The standard InChI is InChI=1S/C18H14N2O7/c1-18(27)16(25)11-9(15(24)17(18)26)8-10(12(11)20-19)14(23)7-5(13(8)22)3-2-4-6(7)21/h2-4,15-17,21,24-27H,1H3. The Morgan fingerprint density at radius 3 is 2.37 bits per heavy atom. The summed E-state index contributed by atoms with van der Waals surface area (Å²) in [5.41, 5.74) is 5.04. The Bertz CT molecular complexity index is 1360. The first-order chi connectivity index (χ1) is 12.6. The van der Waals surface area contributed by atoms with Gasteiger partial charge in [0.1, 0.15) is 34.9 Å². The SMILES string of the molecule is CC1(O)C(O)c2c(c3c(=O)c4cccc(O)c4c(=O)c=3c2=[N+]=[N-])C(O)C1O. The van der Waals surface area contributed by atoms with Gasteiger partial charge in [0.05, 0.1) is 10.9 Å². The van der Waals surface area contributed by atoms with Crippen LogP contribution in [0.3, 0.4) is 0 Å². The van der Waals surface area contributed by atoms with Gasteiger partial charge in [-0.25, -0.2) is 0 Å². The molecule has 4 atom stereocenters. The molecule has 0 radical (unpaired) electrons. The van der Waals surface area contributed by atoms with Crippen LogP contribution in [0.1, 0.15) is 30.3 Å². The van der Waals surface area contributed by atoms with Crippen molar-refractivity contribution >= 4 is 10.8 Å². The second-order valence-corrected chi connectivity index (χ2v) is 6.90. The van der Waals surface area contributed by atoms with E-state index in [1.165, 1.54) is 18.2 Å². The molecule has 0 heterocycles. The molecule has 4 unspecified atom stereocenters. The van der Waals surface area contributed by atoms with Crippen LogP contribution in [0.2, 0.25) is 0 Å². The third kappa shape index (κ3) is 1.92. The maximum Gasteiger partial charge on any atom is 0.333 e. The third-order valence-electron chi connectivity index (χ3n) is 5.39. The lowest BCUT2D eigenvalue weighted by atomic mass is 9.76. The van der Waals surface area contributed by atoms with Gasteiger partial charge in [-0.05, 0) is 13.0 Å². The molecule has 0 spiro atoms. The number of aliphatic hydroxyl groups excluding tert-OH is 3. The molecule has 3 aliphatic carbocycles. The third-order valence-corrected chi connectivity index (χ3v) is 5.39. The van der Waals surface area contributed by atoms with Crippen LogP contribution in [0.4, 0.5) is 0 Å². The second kappa shape index (κ2) is 5.29. The van der Waals surface area contributed by atoms with Gasteiger partial charge in [-0.1, -0.05) is 12.1 Å². The lowest BCUT2D eigenvalue weighted by Crippen LogP contribution is -2.52. The highest BCUT2D eigenvalue weighted by Gasteiger charge is 2.52. The van der Waals surface area contributed by atoms with E-state index in [0.717, 1.165) is 6.92 Å². The molecule has 0 aromatic heterocycles. The van der Waals surface area contributed by atoms with Gasteiger partial charge in [-0.15, -0.1) is 0 Å². The van der Waals surface area contributed by atoms with Crippen LogP contribution >= 0.6 is 0 Å². The van der Waals surface area contributed by atoms with Crippen molar-refractivity contribution in [1.82, 2.24) is 0 Å². The maximum absolute atomic E-state index is 13.0. The normalized spacial score (nSPS) is 27.7. The van der Waals surface area contributed by atoms with Gasteiger partial charge in [0.2, 0.25) is 5.43 Å². The number of benzene rings is 1. The highest BCUT2D eigenvalue weighted by Crippen LogP contribution is 2.42. The summed E-state index contributed by atoms with van der Waals surface area (Å²) in [4.78, 5) is 29.0. The van der Waals surface area contributed by atoms with Crippen molar-refractivity contribution in [2.24, 2.45) is 0 Å². The molecule has 0 fully saturated rings. The summed E-state index contributed by atoms with van der Waals surface area (Å²) in [6.45, 7) is 1.06. The Morgan fingerprint density at radius 1 is 1.07 bits per heavy atom. The number of hydrogen-bond donors (Lipinski definition) is 5. The first kappa shape index (κ1) is 17.5. The molecule has 0 amide bonds. The zero-order valence-electron chi connectivity index (χ0n) is 13.9. The van der Waals surface area contributed by atoms with E-state index in [4.69, 9.17) is 0 Å². The highest BCUT2D eigenvalue weighted by molar-refractivity contribution is 5.88. The number of aliphatic hydroxyl groups is 4. The monoisotopic (exact) mass is 370 g/mol. The number of nitrogens with zero attached hydrogens (tertiary/aromatic N) is 2. The van der Waals surface area contributed by atoms with Crippen LogP contribution in [0.15, 0.2) is 27.8 Å². The van der Waals surface area contributed by atoms with E-state index in [9.17, 15) is 40.7 Å². The molecule has 0 saturated heterocycles. The summed E-state index contributed by atoms with van der Waals surface area (Å²) >= 11 is 0. The number of aromatic hydroxyl groups is 1. The Morgan fingerprint density at radius 2 is 1.74 bits per heavy atom. The predicted octanol–water partition coefficient (Wildman–Crippen LogP) is -1.81. The number of rotatable bonds is 0. The summed E-state index contributed by atoms with van der Waals surface area (Å²) < 4.78 is 0. The largest absolute Gasteiger partial charge is 0.507 e. The molecule has 4 rings (SSSR count). The van der Waals surface area contributed by atoms with E-state index in [-0.39, 0.29) is 27.1 Å². The topological polar surface area (TPSA) is 172 Å². The molecule has 1 aromatic rings. The van der Waals surface area contributed by atoms with Crippen molar-refractivity contribution in [2.75, 3.05) is 0 Å². The fraction of sp³-hybridized carbons (Fsp3) is 0.278. The molecule has 0 aliphatic heterocycles. The first-order valence-corrected chi connectivity index (χ1v) is 8.04. The summed E-state index contributed by atoms with van der Waals surface area (Å²) in [5.74, 6) is -0.451. The number of hydrogen-bond acceptors (Lipinski definition) is 7. The quantitative estimate of drug-likeness (QED) is 0.229. The van der Waals surface area contributed by atoms with Crippen molar-refractivity contribution in [1.29, 1.82) is 0 Å². The minimum Gasteiger partial charge on any atom is -0.507 e. The molecule has 9 nitrogen and oxygen atoms in total. The Labute approximate surface area is 149 Å². The Hall–Kier alpha value is -2.94. The molecular weight excluding hydrogens is 356 g/mol. The number of phenols is 1. The molecule has 5 N–H and O–H groups in total. The van der Waals surface area contributed by atoms with Crippen molar-refractivity contribution < 1.29 is 30.3 Å². The van der Waals surface area contributed by atoms with Crippen LogP contribution in [-0.2, 0) is 0 Å². The van der Waals surface area contributed by atoms with E-state index in [2.05, 4.69) is 4.79 Å². The molecular formula is C18H14N2O7. The molecule has 138 valence electrons.